The molecule has 0 saturated carbocycles. The molecule has 2 aliphatic rings. The van der Waals surface area contributed by atoms with Crippen LogP contribution in [0, 0.1) is 0 Å². The summed E-state index contributed by atoms with van der Waals surface area (Å²) in [4.78, 5) is 27.5. The number of carboxylic acid groups (broad SMARTS) is 1. The van der Waals surface area contributed by atoms with Crippen molar-refractivity contribution in [1.82, 2.24) is 4.98 Å². The zero-order valence-electron chi connectivity index (χ0n) is 17.4. The summed E-state index contributed by atoms with van der Waals surface area (Å²) in [6, 6.07) is 12.5. The molecule has 2 N–H and O–H groups in total. The highest BCUT2D eigenvalue weighted by Crippen LogP contribution is 2.45. The summed E-state index contributed by atoms with van der Waals surface area (Å²) in [5.41, 5.74) is 4.31. The minimum absolute atomic E-state index is 0.0158. The van der Waals surface area contributed by atoms with Crippen molar-refractivity contribution in [2.24, 2.45) is 0 Å². The Bertz CT molecular complexity index is 1100. The monoisotopic (exact) mass is 419 g/mol. The molecule has 160 valence electrons. The van der Waals surface area contributed by atoms with Gasteiger partial charge in [-0.1, -0.05) is 18.2 Å². The predicted molar refractivity (Wildman–Crippen MR) is 120 cm³/mol. The van der Waals surface area contributed by atoms with Gasteiger partial charge in [-0.15, -0.1) is 0 Å². The van der Waals surface area contributed by atoms with E-state index in [2.05, 4.69) is 39.5 Å². The van der Waals surface area contributed by atoms with Gasteiger partial charge in [-0.2, -0.15) is 0 Å². The van der Waals surface area contributed by atoms with Crippen molar-refractivity contribution in [3.05, 3.63) is 59.9 Å². The molecular weight excluding hydrogens is 394 g/mol. The van der Waals surface area contributed by atoms with E-state index < -0.39 is 0 Å². The Morgan fingerprint density at radius 2 is 1.97 bits per heavy atom. The number of pyridine rings is 1. The average molecular weight is 419 g/mol. The Morgan fingerprint density at radius 3 is 2.71 bits per heavy atom. The third kappa shape index (κ3) is 4.03. The summed E-state index contributed by atoms with van der Waals surface area (Å²) in [6.45, 7) is 1.85. The van der Waals surface area contributed by atoms with Gasteiger partial charge >= 0.3 is 0 Å². The highest BCUT2D eigenvalue weighted by atomic mass is 16.5. The molecule has 1 aromatic heterocycles. The largest absolute Gasteiger partial charge is 0.495 e. The molecule has 3 aromatic rings. The summed E-state index contributed by atoms with van der Waals surface area (Å²) >= 11 is 0. The number of rotatable bonds is 3. The van der Waals surface area contributed by atoms with E-state index in [1.165, 1.54) is 18.4 Å². The normalized spacial score (nSPS) is 17.4. The van der Waals surface area contributed by atoms with Crippen LogP contribution in [0.2, 0.25) is 0 Å². The molecule has 1 fully saturated rings. The van der Waals surface area contributed by atoms with Crippen LogP contribution >= 0.6 is 0 Å². The number of aromatic nitrogens is 1. The molecule has 2 aromatic carbocycles. The minimum Gasteiger partial charge on any atom is -0.495 e. The second kappa shape index (κ2) is 9.04. The van der Waals surface area contributed by atoms with Crippen LogP contribution in [0.5, 0.6) is 5.75 Å². The molecule has 3 heterocycles. The van der Waals surface area contributed by atoms with E-state index in [9.17, 15) is 4.79 Å². The minimum atomic E-state index is -0.250. The van der Waals surface area contributed by atoms with E-state index in [-0.39, 0.29) is 18.3 Å². The van der Waals surface area contributed by atoms with Crippen molar-refractivity contribution in [2.75, 3.05) is 30.4 Å². The smallest absolute Gasteiger partial charge is 0.290 e. The molecule has 5 rings (SSSR count). The Morgan fingerprint density at radius 1 is 1.19 bits per heavy atom. The predicted octanol–water partition coefficient (Wildman–Crippen LogP) is 4.02. The third-order valence-electron chi connectivity index (χ3n) is 5.93. The van der Waals surface area contributed by atoms with Crippen LogP contribution in [0.1, 0.15) is 36.3 Å². The summed E-state index contributed by atoms with van der Waals surface area (Å²) in [7, 11) is 1.70. The van der Waals surface area contributed by atoms with Gasteiger partial charge in [0.25, 0.3) is 6.47 Å². The summed E-state index contributed by atoms with van der Waals surface area (Å²) < 4.78 is 5.67. The van der Waals surface area contributed by atoms with Gasteiger partial charge in [-0.3, -0.25) is 14.6 Å². The van der Waals surface area contributed by atoms with Crippen LogP contribution in [0.4, 0.5) is 11.4 Å². The highest BCUT2D eigenvalue weighted by Gasteiger charge is 2.30. The van der Waals surface area contributed by atoms with Gasteiger partial charge in [-0.05, 0) is 41.5 Å². The maximum Gasteiger partial charge on any atom is 0.290 e. The Labute approximate surface area is 180 Å². The molecular formula is C24H25N3O4. The second-order valence-corrected chi connectivity index (χ2v) is 7.66. The van der Waals surface area contributed by atoms with Crippen LogP contribution in [0.25, 0.3) is 10.8 Å². The van der Waals surface area contributed by atoms with Crippen molar-refractivity contribution in [3.8, 4) is 5.75 Å². The molecule has 31 heavy (non-hydrogen) atoms. The van der Waals surface area contributed by atoms with Gasteiger partial charge in [0.05, 0.1) is 12.8 Å². The van der Waals surface area contributed by atoms with Crippen LogP contribution < -0.4 is 15.0 Å². The van der Waals surface area contributed by atoms with E-state index in [4.69, 9.17) is 14.6 Å². The summed E-state index contributed by atoms with van der Waals surface area (Å²) in [5, 5.41) is 12.2. The van der Waals surface area contributed by atoms with Crippen molar-refractivity contribution >= 4 is 34.5 Å². The number of nitrogens with one attached hydrogen (secondary N) is 1. The fraction of sp³-hybridized carbons (Fsp3) is 0.292. The molecule has 0 spiro atoms. The fourth-order valence-corrected chi connectivity index (χ4v) is 4.58. The van der Waals surface area contributed by atoms with Crippen molar-refractivity contribution < 1.29 is 19.4 Å². The number of hydrogen-bond acceptors (Lipinski definition) is 5. The zero-order valence-corrected chi connectivity index (χ0v) is 17.4. The molecule has 7 heteroatoms. The van der Waals surface area contributed by atoms with E-state index in [0.29, 0.717) is 6.42 Å². The molecule has 2 aliphatic heterocycles. The number of anilines is 2. The van der Waals surface area contributed by atoms with Gasteiger partial charge < -0.3 is 20.1 Å². The lowest BCUT2D eigenvalue weighted by Crippen LogP contribution is -2.25. The van der Waals surface area contributed by atoms with Crippen molar-refractivity contribution in [3.63, 3.8) is 0 Å². The molecule has 1 unspecified atom stereocenters. The number of hydrogen-bond donors (Lipinski definition) is 2. The molecule has 0 aliphatic carbocycles. The SMILES string of the molecule is COc1cc2c(cc1N1CCCC1)C(c1cccc3cnccc13)CC(=O)N2.O=CO. The third-order valence-corrected chi connectivity index (χ3v) is 5.93. The van der Waals surface area contributed by atoms with Gasteiger partial charge in [0.1, 0.15) is 5.75 Å². The number of benzene rings is 2. The highest BCUT2D eigenvalue weighted by molar-refractivity contribution is 5.98. The van der Waals surface area contributed by atoms with Crippen LogP contribution in [0.15, 0.2) is 48.8 Å². The standard InChI is InChI=1S/C23H23N3O2.CH2O2/c1-28-22-13-20-19(11-21(22)26-9-2-3-10-26)18(12-23(27)25-20)17-6-4-5-15-14-24-8-7-16(15)17;2-1-3/h4-8,11,13-14,18H,2-3,9-10,12H2,1H3,(H,25,27);1H,(H,2,3). The number of carbonyl (C=O) groups excluding carboxylic acids is 1. The molecule has 1 atom stereocenters. The fourth-order valence-electron chi connectivity index (χ4n) is 4.58. The van der Waals surface area contributed by atoms with Gasteiger partial charge in [-0.25, -0.2) is 0 Å². The van der Waals surface area contributed by atoms with E-state index in [0.717, 1.165) is 46.5 Å². The Balaban J connectivity index is 0.000000730. The molecule has 1 saturated heterocycles. The number of carbonyl (C=O) groups is 2. The molecule has 0 bridgehead atoms. The van der Waals surface area contributed by atoms with E-state index >= 15 is 0 Å². The Hall–Kier alpha value is -3.61. The van der Waals surface area contributed by atoms with Crippen molar-refractivity contribution in [2.45, 2.75) is 25.2 Å². The van der Waals surface area contributed by atoms with E-state index in [1.807, 2.05) is 24.5 Å². The van der Waals surface area contributed by atoms with E-state index in [1.54, 1.807) is 7.11 Å². The summed E-state index contributed by atoms with van der Waals surface area (Å²) in [6.07, 6.45) is 6.55. The Kier molecular flexibility index (Phi) is 6.02. The number of ether oxygens (including phenoxy) is 1. The maximum absolute atomic E-state index is 12.5. The van der Waals surface area contributed by atoms with Gasteiger partial charge in [0, 0.05) is 55.0 Å². The second-order valence-electron chi connectivity index (χ2n) is 7.66. The first kappa shape index (κ1) is 20.7. The number of fused-ring (bicyclic) bond motifs is 2. The van der Waals surface area contributed by atoms with Gasteiger partial charge in [0.2, 0.25) is 5.91 Å². The first-order valence-electron chi connectivity index (χ1n) is 10.3. The van der Waals surface area contributed by atoms with Crippen LogP contribution in [-0.2, 0) is 9.59 Å². The lowest BCUT2D eigenvalue weighted by molar-refractivity contribution is -0.123. The quantitative estimate of drug-likeness (QED) is 0.623. The molecule has 1 amide bonds. The first-order valence-corrected chi connectivity index (χ1v) is 10.3. The zero-order chi connectivity index (χ0) is 21.8. The molecule has 0 radical (unpaired) electrons. The molecule has 7 nitrogen and oxygen atoms in total. The van der Waals surface area contributed by atoms with Gasteiger partial charge in [0.15, 0.2) is 0 Å². The number of nitrogens with zero attached hydrogens (tertiary/aromatic N) is 2. The average Bonchev–Trinajstić information content (AvgIpc) is 3.32. The maximum atomic E-state index is 12.5. The van der Waals surface area contributed by atoms with Crippen LogP contribution in [0.3, 0.4) is 0 Å². The lowest BCUT2D eigenvalue weighted by Gasteiger charge is -2.30. The van der Waals surface area contributed by atoms with Crippen LogP contribution in [-0.4, -0.2) is 42.7 Å². The number of amides is 1. The number of methoxy groups -OCH3 is 1. The first-order chi connectivity index (χ1) is 15.2. The lowest BCUT2D eigenvalue weighted by atomic mass is 9.82. The topological polar surface area (TPSA) is 91.8 Å². The van der Waals surface area contributed by atoms with Crippen molar-refractivity contribution in [1.29, 1.82) is 0 Å². The summed E-state index contributed by atoms with van der Waals surface area (Å²) in [5.74, 6) is 0.880.